The average Bonchev–Trinajstić information content (AvgIpc) is 2.28. The molecule has 0 saturated carbocycles. The molecule has 1 saturated heterocycles. The third kappa shape index (κ3) is 2.46. The molecule has 0 atom stereocenters. The standard InChI is InChI=1S/C13H16N2O2/c1-9-4-3-5-10(2)11(9)7-15-8-12(16)14-6-13(15)17/h3-5H,6-8H2,1-2H3,(H,14,16). The van der Waals surface area contributed by atoms with Crippen LogP contribution in [0.25, 0.3) is 0 Å². The van der Waals surface area contributed by atoms with E-state index in [2.05, 4.69) is 5.32 Å². The minimum Gasteiger partial charge on any atom is -0.345 e. The van der Waals surface area contributed by atoms with Crippen molar-refractivity contribution in [1.29, 1.82) is 0 Å². The Morgan fingerprint density at radius 1 is 1.24 bits per heavy atom. The second kappa shape index (κ2) is 4.57. The van der Waals surface area contributed by atoms with Gasteiger partial charge in [-0.1, -0.05) is 18.2 Å². The summed E-state index contributed by atoms with van der Waals surface area (Å²) in [6, 6.07) is 6.05. The highest BCUT2D eigenvalue weighted by Gasteiger charge is 2.23. The van der Waals surface area contributed by atoms with Gasteiger partial charge in [0, 0.05) is 6.54 Å². The second-order valence-electron chi connectivity index (χ2n) is 4.40. The zero-order valence-corrected chi connectivity index (χ0v) is 10.1. The van der Waals surface area contributed by atoms with Gasteiger partial charge in [-0.3, -0.25) is 9.59 Å². The Bertz CT molecular complexity index is 448. The molecule has 1 aromatic rings. The lowest BCUT2D eigenvalue weighted by molar-refractivity contribution is -0.141. The molecule has 0 spiro atoms. The monoisotopic (exact) mass is 232 g/mol. The zero-order valence-electron chi connectivity index (χ0n) is 10.1. The number of carbonyl (C=O) groups is 2. The maximum absolute atomic E-state index is 11.7. The number of amides is 2. The molecule has 0 aromatic heterocycles. The SMILES string of the molecule is Cc1cccc(C)c1CN1CC(=O)NCC1=O. The highest BCUT2D eigenvalue weighted by molar-refractivity contribution is 5.92. The molecule has 17 heavy (non-hydrogen) atoms. The Morgan fingerprint density at radius 2 is 1.88 bits per heavy atom. The molecule has 90 valence electrons. The van der Waals surface area contributed by atoms with Crippen LogP contribution < -0.4 is 5.32 Å². The summed E-state index contributed by atoms with van der Waals surface area (Å²) < 4.78 is 0. The lowest BCUT2D eigenvalue weighted by Crippen LogP contribution is -2.51. The number of nitrogens with zero attached hydrogens (tertiary/aromatic N) is 1. The highest BCUT2D eigenvalue weighted by Crippen LogP contribution is 2.16. The fraction of sp³-hybridized carbons (Fsp3) is 0.385. The van der Waals surface area contributed by atoms with Crippen molar-refractivity contribution in [3.05, 3.63) is 34.9 Å². The summed E-state index contributed by atoms with van der Waals surface area (Å²) in [7, 11) is 0. The Labute approximate surface area is 101 Å². The predicted molar refractivity (Wildman–Crippen MR) is 64.3 cm³/mol. The largest absolute Gasteiger partial charge is 0.345 e. The van der Waals surface area contributed by atoms with Crippen molar-refractivity contribution >= 4 is 11.8 Å². The Morgan fingerprint density at radius 3 is 2.53 bits per heavy atom. The molecule has 1 N–H and O–H groups in total. The molecular formula is C13H16N2O2. The summed E-state index contributed by atoms with van der Waals surface area (Å²) in [5, 5.41) is 2.55. The second-order valence-corrected chi connectivity index (χ2v) is 4.40. The topological polar surface area (TPSA) is 49.4 Å². The van der Waals surface area contributed by atoms with Crippen LogP contribution in [0.5, 0.6) is 0 Å². The van der Waals surface area contributed by atoms with Crippen LogP contribution in [-0.2, 0) is 16.1 Å². The van der Waals surface area contributed by atoms with Gasteiger partial charge in [0.2, 0.25) is 11.8 Å². The van der Waals surface area contributed by atoms with E-state index in [4.69, 9.17) is 0 Å². The minimum absolute atomic E-state index is 0.0211. The molecule has 4 heteroatoms. The van der Waals surface area contributed by atoms with Crippen molar-refractivity contribution in [1.82, 2.24) is 10.2 Å². The molecule has 4 nitrogen and oxygen atoms in total. The molecule has 2 amide bonds. The Kier molecular flexibility index (Phi) is 3.13. The fourth-order valence-corrected chi connectivity index (χ4v) is 2.04. The summed E-state index contributed by atoms with van der Waals surface area (Å²) in [5.74, 6) is -0.108. The molecule has 1 heterocycles. The summed E-state index contributed by atoms with van der Waals surface area (Å²) in [6.07, 6.45) is 0. The summed E-state index contributed by atoms with van der Waals surface area (Å²) >= 11 is 0. The number of aryl methyl sites for hydroxylation is 2. The summed E-state index contributed by atoms with van der Waals surface area (Å²) in [5.41, 5.74) is 3.45. The first-order chi connectivity index (χ1) is 8.08. The number of piperazine rings is 1. The van der Waals surface area contributed by atoms with Crippen molar-refractivity contribution in [2.45, 2.75) is 20.4 Å². The smallest absolute Gasteiger partial charge is 0.242 e. The fourth-order valence-electron chi connectivity index (χ4n) is 2.04. The van der Waals surface area contributed by atoms with Crippen molar-refractivity contribution in [3.63, 3.8) is 0 Å². The van der Waals surface area contributed by atoms with E-state index >= 15 is 0 Å². The molecule has 1 aliphatic rings. The maximum Gasteiger partial charge on any atom is 0.242 e. The van der Waals surface area contributed by atoms with Crippen LogP contribution in [0.15, 0.2) is 18.2 Å². The van der Waals surface area contributed by atoms with Gasteiger partial charge in [-0.15, -0.1) is 0 Å². The van der Waals surface area contributed by atoms with Crippen molar-refractivity contribution < 1.29 is 9.59 Å². The van der Waals surface area contributed by atoms with E-state index in [-0.39, 0.29) is 24.9 Å². The number of hydrogen-bond acceptors (Lipinski definition) is 2. The van der Waals surface area contributed by atoms with Crippen LogP contribution in [0, 0.1) is 13.8 Å². The van der Waals surface area contributed by atoms with Crippen molar-refractivity contribution in [3.8, 4) is 0 Å². The molecule has 0 aliphatic carbocycles. The Balaban J connectivity index is 2.20. The van der Waals surface area contributed by atoms with E-state index in [0.29, 0.717) is 6.54 Å². The first kappa shape index (κ1) is 11.6. The van der Waals surface area contributed by atoms with Crippen LogP contribution in [0.1, 0.15) is 16.7 Å². The quantitative estimate of drug-likeness (QED) is 0.818. The number of carbonyl (C=O) groups excluding carboxylic acids is 2. The van der Waals surface area contributed by atoms with Gasteiger partial charge in [0.25, 0.3) is 0 Å². The molecule has 0 bridgehead atoms. The molecule has 0 radical (unpaired) electrons. The molecule has 1 aliphatic heterocycles. The van der Waals surface area contributed by atoms with E-state index in [1.165, 1.54) is 0 Å². The van der Waals surface area contributed by atoms with Gasteiger partial charge < -0.3 is 10.2 Å². The lowest BCUT2D eigenvalue weighted by atomic mass is 10.0. The van der Waals surface area contributed by atoms with E-state index in [9.17, 15) is 9.59 Å². The first-order valence-electron chi connectivity index (χ1n) is 5.67. The van der Waals surface area contributed by atoms with Crippen LogP contribution in [0.2, 0.25) is 0 Å². The van der Waals surface area contributed by atoms with E-state index < -0.39 is 0 Å². The zero-order chi connectivity index (χ0) is 12.4. The normalized spacial score (nSPS) is 16.0. The maximum atomic E-state index is 11.7. The molecule has 2 rings (SSSR count). The van der Waals surface area contributed by atoms with Crippen LogP contribution >= 0.6 is 0 Å². The van der Waals surface area contributed by atoms with Crippen LogP contribution in [0.3, 0.4) is 0 Å². The number of rotatable bonds is 2. The van der Waals surface area contributed by atoms with E-state index in [1.54, 1.807) is 4.90 Å². The van der Waals surface area contributed by atoms with Crippen molar-refractivity contribution in [2.75, 3.05) is 13.1 Å². The Hall–Kier alpha value is -1.84. The van der Waals surface area contributed by atoms with Gasteiger partial charge in [-0.25, -0.2) is 0 Å². The lowest BCUT2D eigenvalue weighted by Gasteiger charge is -2.27. The van der Waals surface area contributed by atoms with E-state index in [0.717, 1.165) is 16.7 Å². The molecular weight excluding hydrogens is 216 g/mol. The van der Waals surface area contributed by atoms with Gasteiger partial charge in [-0.05, 0) is 30.5 Å². The van der Waals surface area contributed by atoms with Crippen LogP contribution in [0.4, 0.5) is 0 Å². The average molecular weight is 232 g/mol. The third-order valence-corrected chi connectivity index (χ3v) is 3.12. The highest BCUT2D eigenvalue weighted by atomic mass is 16.2. The minimum atomic E-state index is -0.0872. The van der Waals surface area contributed by atoms with E-state index in [1.807, 2.05) is 32.0 Å². The molecule has 1 aromatic carbocycles. The number of benzene rings is 1. The molecule has 0 unspecified atom stereocenters. The number of nitrogens with one attached hydrogen (secondary N) is 1. The van der Waals surface area contributed by atoms with Gasteiger partial charge in [0.05, 0.1) is 13.1 Å². The van der Waals surface area contributed by atoms with Crippen LogP contribution in [-0.4, -0.2) is 29.8 Å². The third-order valence-electron chi connectivity index (χ3n) is 3.12. The van der Waals surface area contributed by atoms with Gasteiger partial charge >= 0.3 is 0 Å². The number of hydrogen-bond donors (Lipinski definition) is 1. The molecule has 1 fully saturated rings. The van der Waals surface area contributed by atoms with Crippen molar-refractivity contribution in [2.24, 2.45) is 0 Å². The first-order valence-corrected chi connectivity index (χ1v) is 5.67. The van der Waals surface area contributed by atoms with Gasteiger partial charge in [-0.2, -0.15) is 0 Å². The van der Waals surface area contributed by atoms with Gasteiger partial charge in [0.1, 0.15) is 0 Å². The predicted octanol–water partition coefficient (Wildman–Crippen LogP) is 0.762. The van der Waals surface area contributed by atoms with Gasteiger partial charge in [0.15, 0.2) is 0 Å². The summed E-state index contributed by atoms with van der Waals surface area (Å²) in [4.78, 5) is 24.6. The summed E-state index contributed by atoms with van der Waals surface area (Å²) in [6.45, 7) is 4.84.